The Morgan fingerprint density at radius 3 is 2.37 bits per heavy atom. The molecular weight excluding hydrogens is 256 g/mol. The number of ether oxygens (including phenoxy) is 1. The largest absolute Gasteiger partial charge is 0.548 e. The SMILES string of the molecule is N[C@@H](CCC(=O)Oc1ccc([N+](=O)[O-])cc1)C(=O)[O-]. The van der Waals surface area contributed by atoms with Crippen molar-refractivity contribution in [3.05, 3.63) is 34.4 Å². The first-order valence-corrected chi connectivity index (χ1v) is 5.31. The Kier molecular flexibility index (Phi) is 4.95. The summed E-state index contributed by atoms with van der Waals surface area (Å²) in [6.45, 7) is 0. The lowest BCUT2D eigenvalue weighted by Gasteiger charge is -2.11. The number of aliphatic carboxylic acids is 1. The summed E-state index contributed by atoms with van der Waals surface area (Å²) < 4.78 is 4.85. The first-order chi connectivity index (χ1) is 8.90. The highest BCUT2D eigenvalue weighted by Crippen LogP contribution is 2.17. The number of nitrogens with two attached hydrogens (primary N) is 1. The smallest absolute Gasteiger partial charge is 0.311 e. The van der Waals surface area contributed by atoms with E-state index in [1.165, 1.54) is 24.3 Å². The van der Waals surface area contributed by atoms with Crippen molar-refractivity contribution in [3.63, 3.8) is 0 Å². The second kappa shape index (κ2) is 6.45. The van der Waals surface area contributed by atoms with Gasteiger partial charge in [0.15, 0.2) is 0 Å². The van der Waals surface area contributed by atoms with E-state index in [2.05, 4.69) is 0 Å². The number of carbonyl (C=O) groups excluding carboxylic acids is 2. The zero-order valence-corrected chi connectivity index (χ0v) is 9.78. The predicted molar refractivity (Wildman–Crippen MR) is 60.9 cm³/mol. The Labute approximate surface area is 107 Å². The maximum Gasteiger partial charge on any atom is 0.311 e. The molecule has 8 nitrogen and oxygen atoms in total. The van der Waals surface area contributed by atoms with Crippen molar-refractivity contribution in [2.45, 2.75) is 18.9 Å². The Morgan fingerprint density at radius 2 is 1.89 bits per heavy atom. The van der Waals surface area contributed by atoms with Gasteiger partial charge >= 0.3 is 5.97 Å². The molecule has 0 unspecified atom stereocenters. The van der Waals surface area contributed by atoms with E-state index in [4.69, 9.17) is 10.5 Å². The molecule has 0 aliphatic carbocycles. The van der Waals surface area contributed by atoms with E-state index in [-0.39, 0.29) is 24.3 Å². The lowest BCUT2D eigenvalue weighted by Crippen LogP contribution is -2.42. The van der Waals surface area contributed by atoms with Gasteiger partial charge < -0.3 is 20.4 Å². The van der Waals surface area contributed by atoms with Crippen LogP contribution in [0.1, 0.15) is 12.8 Å². The van der Waals surface area contributed by atoms with Gasteiger partial charge in [-0.05, 0) is 18.6 Å². The van der Waals surface area contributed by atoms with Crippen molar-refractivity contribution < 1.29 is 24.4 Å². The van der Waals surface area contributed by atoms with Crippen LogP contribution in [0.5, 0.6) is 5.75 Å². The molecule has 0 aliphatic heterocycles. The molecule has 1 aromatic rings. The number of esters is 1. The van der Waals surface area contributed by atoms with E-state index in [0.717, 1.165) is 0 Å². The van der Waals surface area contributed by atoms with E-state index < -0.39 is 22.9 Å². The fraction of sp³-hybridized carbons (Fsp3) is 0.273. The molecular formula is C11H11N2O6-. The molecule has 1 aromatic carbocycles. The van der Waals surface area contributed by atoms with Gasteiger partial charge in [0.25, 0.3) is 5.69 Å². The maximum atomic E-state index is 11.3. The second-order valence-corrected chi connectivity index (χ2v) is 3.69. The van der Waals surface area contributed by atoms with Gasteiger partial charge in [0.1, 0.15) is 5.75 Å². The number of carbonyl (C=O) groups is 2. The van der Waals surface area contributed by atoms with Crippen molar-refractivity contribution in [1.29, 1.82) is 0 Å². The number of carboxylic acid groups (broad SMARTS) is 1. The van der Waals surface area contributed by atoms with Gasteiger partial charge in [-0.1, -0.05) is 0 Å². The molecule has 0 bridgehead atoms. The first-order valence-electron chi connectivity index (χ1n) is 5.31. The number of non-ortho nitro benzene ring substituents is 1. The van der Waals surface area contributed by atoms with Crippen molar-refractivity contribution in [3.8, 4) is 5.75 Å². The molecule has 102 valence electrons. The quantitative estimate of drug-likeness (QED) is 0.313. The summed E-state index contributed by atoms with van der Waals surface area (Å²) in [5, 5.41) is 20.7. The van der Waals surface area contributed by atoms with Crippen LogP contribution in [0.3, 0.4) is 0 Å². The fourth-order valence-corrected chi connectivity index (χ4v) is 1.21. The average molecular weight is 267 g/mol. The summed E-state index contributed by atoms with van der Waals surface area (Å²) in [5.74, 6) is -1.98. The standard InChI is InChI=1S/C11H12N2O6/c12-9(11(15)16)5-6-10(14)19-8-3-1-7(2-4-8)13(17)18/h1-4,9H,5-6,12H2,(H,15,16)/p-1/t9-/m0/s1. The van der Waals surface area contributed by atoms with Crippen LogP contribution in [0.15, 0.2) is 24.3 Å². The third-order valence-electron chi connectivity index (χ3n) is 2.24. The van der Waals surface area contributed by atoms with Crippen LogP contribution in [0.2, 0.25) is 0 Å². The highest BCUT2D eigenvalue weighted by molar-refractivity contribution is 5.75. The average Bonchev–Trinajstić information content (AvgIpc) is 2.36. The number of hydrogen-bond acceptors (Lipinski definition) is 7. The van der Waals surface area contributed by atoms with Crippen molar-refractivity contribution in [2.24, 2.45) is 5.73 Å². The molecule has 0 amide bonds. The van der Waals surface area contributed by atoms with Gasteiger partial charge in [-0.3, -0.25) is 14.9 Å². The molecule has 19 heavy (non-hydrogen) atoms. The van der Waals surface area contributed by atoms with Crippen molar-refractivity contribution in [2.75, 3.05) is 0 Å². The second-order valence-electron chi connectivity index (χ2n) is 3.69. The fourth-order valence-electron chi connectivity index (χ4n) is 1.21. The van der Waals surface area contributed by atoms with Crippen LogP contribution in [-0.4, -0.2) is 22.9 Å². The lowest BCUT2D eigenvalue weighted by atomic mass is 10.2. The van der Waals surface area contributed by atoms with Crippen LogP contribution in [-0.2, 0) is 9.59 Å². The molecule has 1 atom stereocenters. The molecule has 0 fully saturated rings. The minimum absolute atomic E-state index is 0.103. The maximum absolute atomic E-state index is 11.3. The molecule has 0 radical (unpaired) electrons. The minimum Gasteiger partial charge on any atom is -0.548 e. The summed E-state index contributed by atoms with van der Waals surface area (Å²) in [6, 6.07) is 3.69. The molecule has 1 rings (SSSR count). The summed E-state index contributed by atoms with van der Waals surface area (Å²) >= 11 is 0. The van der Waals surface area contributed by atoms with Crippen LogP contribution in [0.25, 0.3) is 0 Å². The molecule has 0 aromatic heterocycles. The van der Waals surface area contributed by atoms with E-state index in [1.807, 2.05) is 0 Å². The third kappa shape index (κ3) is 4.72. The highest BCUT2D eigenvalue weighted by atomic mass is 16.6. The number of nitro benzene ring substituents is 1. The molecule has 0 heterocycles. The highest BCUT2D eigenvalue weighted by Gasteiger charge is 2.11. The normalized spacial score (nSPS) is 11.6. The number of nitrogens with zero attached hydrogens (tertiary/aromatic N) is 1. The monoisotopic (exact) mass is 267 g/mol. The zero-order chi connectivity index (χ0) is 14.4. The van der Waals surface area contributed by atoms with Crippen LogP contribution < -0.4 is 15.6 Å². The zero-order valence-electron chi connectivity index (χ0n) is 9.78. The number of carboxylic acids is 1. The van der Waals surface area contributed by atoms with Crippen LogP contribution in [0.4, 0.5) is 5.69 Å². The molecule has 8 heteroatoms. The molecule has 0 saturated carbocycles. The number of rotatable bonds is 6. The third-order valence-corrected chi connectivity index (χ3v) is 2.24. The Bertz CT molecular complexity index is 484. The molecule has 0 saturated heterocycles. The van der Waals surface area contributed by atoms with Crippen LogP contribution in [0, 0.1) is 10.1 Å². The number of benzene rings is 1. The van der Waals surface area contributed by atoms with Gasteiger partial charge in [0.05, 0.1) is 10.9 Å². The van der Waals surface area contributed by atoms with E-state index in [0.29, 0.717) is 0 Å². The molecule has 0 aliphatic rings. The van der Waals surface area contributed by atoms with Crippen molar-refractivity contribution >= 4 is 17.6 Å². The van der Waals surface area contributed by atoms with Crippen molar-refractivity contribution in [1.82, 2.24) is 0 Å². The Balaban J connectivity index is 2.48. The molecule has 2 N–H and O–H groups in total. The van der Waals surface area contributed by atoms with Gasteiger partial charge in [-0.15, -0.1) is 0 Å². The van der Waals surface area contributed by atoms with Crippen LogP contribution >= 0.6 is 0 Å². The van der Waals surface area contributed by atoms with Gasteiger partial charge in [-0.25, -0.2) is 0 Å². The Hall–Kier alpha value is -2.48. The number of nitro groups is 1. The Morgan fingerprint density at radius 1 is 1.32 bits per heavy atom. The summed E-state index contributed by atoms with van der Waals surface area (Å²) in [4.78, 5) is 31.5. The van der Waals surface area contributed by atoms with E-state index >= 15 is 0 Å². The van der Waals surface area contributed by atoms with E-state index in [9.17, 15) is 24.8 Å². The number of hydrogen-bond donors (Lipinski definition) is 1. The lowest BCUT2D eigenvalue weighted by molar-refractivity contribution is -0.384. The first kappa shape index (κ1) is 14.6. The summed E-state index contributed by atoms with van der Waals surface area (Å²) in [6.07, 6.45) is -0.291. The summed E-state index contributed by atoms with van der Waals surface area (Å²) in [5.41, 5.74) is 5.04. The topological polar surface area (TPSA) is 136 Å². The predicted octanol–water partition coefficient (Wildman–Crippen LogP) is -0.642. The van der Waals surface area contributed by atoms with Gasteiger partial charge in [0, 0.05) is 24.6 Å². The minimum atomic E-state index is -1.44. The summed E-state index contributed by atoms with van der Waals surface area (Å²) in [7, 11) is 0. The molecule has 0 spiro atoms. The van der Waals surface area contributed by atoms with Gasteiger partial charge in [-0.2, -0.15) is 0 Å². The van der Waals surface area contributed by atoms with Gasteiger partial charge in [0.2, 0.25) is 0 Å². The van der Waals surface area contributed by atoms with E-state index in [1.54, 1.807) is 0 Å².